The minimum absolute atomic E-state index is 0.0109. The average molecular weight is 437 g/mol. The highest BCUT2D eigenvalue weighted by Gasteiger charge is 2.32. The number of morpholine rings is 1. The van der Waals surface area contributed by atoms with Crippen LogP contribution in [0, 0.1) is 5.92 Å². The number of amides is 2. The Balaban J connectivity index is 1.31. The molecule has 0 radical (unpaired) electrons. The van der Waals surface area contributed by atoms with Crippen molar-refractivity contribution >= 4 is 23.3 Å². The lowest BCUT2D eigenvalue weighted by Crippen LogP contribution is -2.44. The molecule has 4 heterocycles. The number of ether oxygens (including phenoxy) is 1. The van der Waals surface area contributed by atoms with Gasteiger partial charge in [-0.25, -0.2) is 4.98 Å². The number of fused-ring (bicyclic) bond motifs is 1. The van der Waals surface area contributed by atoms with Gasteiger partial charge in [-0.3, -0.25) is 19.5 Å². The highest BCUT2D eigenvalue weighted by atomic mass is 16.5. The molecular weight excluding hydrogens is 408 g/mol. The molecule has 32 heavy (non-hydrogen) atoms. The van der Waals surface area contributed by atoms with Crippen LogP contribution in [0.25, 0.3) is 0 Å². The number of nitrogens with zero attached hydrogens (tertiary/aromatic N) is 4. The molecule has 9 nitrogen and oxygen atoms in total. The van der Waals surface area contributed by atoms with Gasteiger partial charge in [-0.1, -0.05) is 6.07 Å². The van der Waals surface area contributed by atoms with Gasteiger partial charge in [0, 0.05) is 44.8 Å². The zero-order valence-corrected chi connectivity index (χ0v) is 18.0. The maximum absolute atomic E-state index is 13.0. The molecule has 2 fully saturated rings. The van der Waals surface area contributed by atoms with Gasteiger partial charge in [-0.05, 0) is 36.5 Å². The Kier molecular flexibility index (Phi) is 6.00. The summed E-state index contributed by atoms with van der Waals surface area (Å²) in [5.74, 6) is 1.03. The molecular formula is C23H28N6O3. The average Bonchev–Trinajstić information content (AvgIpc) is 3.66. The zero-order chi connectivity index (χ0) is 21.9. The topological polar surface area (TPSA) is 99.7 Å². The third-order valence-corrected chi connectivity index (χ3v) is 6.28. The van der Waals surface area contributed by atoms with Gasteiger partial charge < -0.3 is 20.3 Å². The van der Waals surface area contributed by atoms with Crippen molar-refractivity contribution in [3.8, 4) is 0 Å². The molecule has 2 aliphatic heterocycles. The lowest BCUT2D eigenvalue weighted by Gasteiger charge is -2.34. The van der Waals surface area contributed by atoms with Crippen LogP contribution >= 0.6 is 0 Å². The lowest BCUT2D eigenvalue weighted by atomic mass is 10.1. The Hall–Kier alpha value is -3.04. The maximum atomic E-state index is 13.0. The number of pyridine rings is 2. The van der Waals surface area contributed by atoms with Gasteiger partial charge in [0.1, 0.15) is 5.82 Å². The number of anilines is 2. The SMILES string of the molecule is O=C(NCC(c1cccnc1)N1CCOCC1)c1cnc2c(c1)N(CC1CC1)C(=O)CN2. The predicted molar refractivity (Wildman–Crippen MR) is 120 cm³/mol. The van der Waals surface area contributed by atoms with Crippen molar-refractivity contribution in [2.45, 2.75) is 18.9 Å². The van der Waals surface area contributed by atoms with Crippen molar-refractivity contribution in [2.24, 2.45) is 5.92 Å². The van der Waals surface area contributed by atoms with Crippen molar-refractivity contribution in [1.29, 1.82) is 0 Å². The molecule has 1 saturated carbocycles. The van der Waals surface area contributed by atoms with Crippen LogP contribution in [-0.4, -0.2) is 72.6 Å². The molecule has 1 saturated heterocycles. The predicted octanol–water partition coefficient (Wildman–Crippen LogP) is 1.45. The lowest BCUT2D eigenvalue weighted by molar-refractivity contribution is -0.117. The molecule has 2 amide bonds. The minimum atomic E-state index is -0.202. The third-order valence-electron chi connectivity index (χ3n) is 6.28. The van der Waals surface area contributed by atoms with E-state index in [4.69, 9.17) is 4.74 Å². The third kappa shape index (κ3) is 4.58. The van der Waals surface area contributed by atoms with Crippen LogP contribution in [0.5, 0.6) is 0 Å². The molecule has 2 aromatic rings. The summed E-state index contributed by atoms with van der Waals surface area (Å²) in [6.45, 7) is 4.35. The largest absolute Gasteiger partial charge is 0.379 e. The van der Waals surface area contributed by atoms with Crippen LogP contribution in [-0.2, 0) is 9.53 Å². The van der Waals surface area contributed by atoms with E-state index in [1.54, 1.807) is 23.4 Å². The quantitative estimate of drug-likeness (QED) is 0.678. The van der Waals surface area contributed by atoms with Gasteiger partial charge >= 0.3 is 0 Å². The van der Waals surface area contributed by atoms with Crippen molar-refractivity contribution in [3.05, 3.63) is 47.9 Å². The fourth-order valence-electron chi connectivity index (χ4n) is 4.28. The number of rotatable bonds is 7. The maximum Gasteiger partial charge on any atom is 0.252 e. The van der Waals surface area contributed by atoms with Crippen LogP contribution in [0.1, 0.15) is 34.8 Å². The van der Waals surface area contributed by atoms with Gasteiger partial charge in [0.25, 0.3) is 5.91 Å². The van der Waals surface area contributed by atoms with Gasteiger partial charge in [0.15, 0.2) is 0 Å². The fraction of sp³-hybridized carbons (Fsp3) is 0.478. The standard InChI is InChI=1S/C23H28N6O3/c30-21-14-26-22-19(29(21)15-16-3-4-16)10-18(12-25-22)23(31)27-13-20(17-2-1-5-24-11-17)28-6-8-32-9-7-28/h1-2,5,10-12,16,20H,3-4,6-9,13-15H2,(H,25,26)(H,27,31). The van der Waals surface area contributed by atoms with Crippen LogP contribution in [0.15, 0.2) is 36.8 Å². The van der Waals surface area contributed by atoms with E-state index in [1.165, 1.54) is 0 Å². The van der Waals surface area contributed by atoms with Gasteiger partial charge in [0.05, 0.1) is 37.1 Å². The Morgan fingerprint density at radius 1 is 1.28 bits per heavy atom. The summed E-state index contributed by atoms with van der Waals surface area (Å²) in [6.07, 6.45) is 7.47. The summed E-state index contributed by atoms with van der Waals surface area (Å²) in [6, 6.07) is 5.73. The first-order valence-electron chi connectivity index (χ1n) is 11.2. The van der Waals surface area contributed by atoms with Crippen molar-refractivity contribution in [1.82, 2.24) is 20.2 Å². The van der Waals surface area contributed by atoms with Crippen molar-refractivity contribution in [3.63, 3.8) is 0 Å². The van der Waals surface area contributed by atoms with Gasteiger partial charge in [0.2, 0.25) is 5.91 Å². The van der Waals surface area contributed by atoms with E-state index in [2.05, 4.69) is 25.5 Å². The molecule has 168 valence electrons. The number of nitrogens with one attached hydrogen (secondary N) is 2. The smallest absolute Gasteiger partial charge is 0.252 e. The Morgan fingerprint density at radius 2 is 2.12 bits per heavy atom. The molecule has 0 bridgehead atoms. The van der Waals surface area contributed by atoms with Crippen molar-refractivity contribution < 1.29 is 14.3 Å². The molecule has 0 aromatic carbocycles. The second-order valence-electron chi connectivity index (χ2n) is 8.55. The first-order valence-corrected chi connectivity index (χ1v) is 11.2. The summed E-state index contributed by atoms with van der Waals surface area (Å²) in [7, 11) is 0. The Labute approximate surface area is 187 Å². The molecule has 1 aliphatic carbocycles. The molecule has 2 N–H and O–H groups in total. The number of hydrogen-bond donors (Lipinski definition) is 2. The number of carbonyl (C=O) groups excluding carboxylic acids is 2. The number of aromatic nitrogens is 2. The van der Waals surface area contributed by atoms with E-state index in [9.17, 15) is 9.59 Å². The van der Waals surface area contributed by atoms with Gasteiger partial charge in [-0.2, -0.15) is 0 Å². The first kappa shape index (κ1) is 20.8. The van der Waals surface area contributed by atoms with Crippen molar-refractivity contribution in [2.75, 3.05) is 56.2 Å². The molecule has 5 rings (SSSR count). The molecule has 1 atom stereocenters. The fourth-order valence-corrected chi connectivity index (χ4v) is 4.28. The summed E-state index contributed by atoms with van der Waals surface area (Å²) in [4.78, 5) is 38.3. The van der Waals surface area contributed by atoms with E-state index in [0.29, 0.717) is 49.3 Å². The van der Waals surface area contributed by atoms with E-state index < -0.39 is 0 Å². The summed E-state index contributed by atoms with van der Waals surface area (Å²) < 4.78 is 5.49. The number of carbonyl (C=O) groups is 2. The van der Waals surface area contributed by atoms with Crippen LogP contribution < -0.4 is 15.5 Å². The molecule has 1 unspecified atom stereocenters. The number of hydrogen-bond acceptors (Lipinski definition) is 7. The highest BCUT2D eigenvalue weighted by molar-refractivity contribution is 6.04. The summed E-state index contributed by atoms with van der Waals surface area (Å²) in [5, 5.41) is 6.13. The Morgan fingerprint density at radius 3 is 2.88 bits per heavy atom. The first-order chi connectivity index (χ1) is 15.7. The minimum Gasteiger partial charge on any atom is -0.379 e. The normalized spacial score (nSPS) is 19.8. The monoisotopic (exact) mass is 436 g/mol. The summed E-state index contributed by atoms with van der Waals surface area (Å²) in [5.41, 5.74) is 2.20. The second-order valence-corrected chi connectivity index (χ2v) is 8.55. The van der Waals surface area contributed by atoms with E-state index >= 15 is 0 Å². The molecule has 9 heteroatoms. The molecule has 3 aliphatic rings. The van der Waals surface area contributed by atoms with Crippen LogP contribution in [0.4, 0.5) is 11.5 Å². The van der Waals surface area contributed by atoms with Gasteiger partial charge in [-0.15, -0.1) is 0 Å². The summed E-state index contributed by atoms with van der Waals surface area (Å²) >= 11 is 0. The molecule has 2 aromatic heterocycles. The Bertz CT molecular complexity index is 975. The van der Waals surface area contributed by atoms with Crippen LogP contribution in [0.2, 0.25) is 0 Å². The molecule has 0 spiro atoms. The van der Waals surface area contributed by atoms with E-state index in [0.717, 1.165) is 31.5 Å². The van der Waals surface area contributed by atoms with E-state index in [-0.39, 0.29) is 24.4 Å². The zero-order valence-electron chi connectivity index (χ0n) is 18.0. The van der Waals surface area contributed by atoms with Crippen LogP contribution in [0.3, 0.4) is 0 Å². The second kappa shape index (κ2) is 9.22. The highest BCUT2D eigenvalue weighted by Crippen LogP contribution is 2.35. The van der Waals surface area contributed by atoms with E-state index in [1.807, 2.05) is 18.3 Å².